The Bertz CT molecular complexity index is 767. The molecule has 3 nitrogen and oxygen atoms in total. The molecule has 0 radical (unpaired) electrons. The molecule has 0 spiro atoms. The predicted octanol–water partition coefficient (Wildman–Crippen LogP) is 5.06. The summed E-state index contributed by atoms with van der Waals surface area (Å²) in [7, 11) is 2.21. The smallest absolute Gasteiger partial charge is 0.248 e. The van der Waals surface area contributed by atoms with Crippen molar-refractivity contribution in [2.75, 3.05) is 18.9 Å². The molecule has 0 aromatic heterocycles. The molecule has 1 heterocycles. The van der Waals surface area contributed by atoms with Crippen molar-refractivity contribution < 1.29 is 4.79 Å². The van der Waals surface area contributed by atoms with Gasteiger partial charge in [0.05, 0.1) is 0 Å². The maximum atomic E-state index is 12.3. The molecule has 0 bridgehead atoms. The highest BCUT2D eigenvalue weighted by Gasteiger charge is 2.22. The van der Waals surface area contributed by atoms with E-state index in [0.717, 1.165) is 24.2 Å². The Morgan fingerprint density at radius 3 is 2.73 bits per heavy atom. The van der Waals surface area contributed by atoms with Crippen molar-refractivity contribution in [3.05, 3.63) is 71.3 Å². The lowest BCUT2D eigenvalue weighted by Gasteiger charge is -2.34. The van der Waals surface area contributed by atoms with Crippen LogP contribution in [-0.4, -0.2) is 24.4 Å². The number of nitrogens with zero attached hydrogens (tertiary/aromatic N) is 1. The Morgan fingerprint density at radius 1 is 1.19 bits per heavy atom. The van der Waals surface area contributed by atoms with Crippen LogP contribution in [0.1, 0.15) is 48.9 Å². The molecular formula is C23H28N2O. The van der Waals surface area contributed by atoms with E-state index in [4.69, 9.17) is 0 Å². The predicted molar refractivity (Wildman–Crippen MR) is 109 cm³/mol. The minimum atomic E-state index is -0.0984. The first-order valence-corrected chi connectivity index (χ1v) is 9.54. The lowest BCUT2D eigenvalue weighted by Crippen LogP contribution is -2.30. The average molecular weight is 348 g/mol. The average Bonchev–Trinajstić information content (AvgIpc) is 2.67. The Hall–Kier alpha value is -2.39. The van der Waals surface area contributed by atoms with Crippen molar-refractivity contribution in [3.63, 3.8) is 0 Å². The van der Waals surface area contributed by atoms with E-state index in [-0.39, 0.29) is 5.91 Å². The van der Waals surface area contributed by atoms with Crippen molar-refractivity contribution >= 4 is 17.7 Å². The minimum absolute atomic E-state index is 0.0984. The van der Waals surface area contributed by atoms with Crippen molar-refractivity contribution in [1.29, 1.82) is 0 Å². The molecule has 1 N–H and O–H groups in total. The first-order chi connectivity index (χ1) is 12.7. The highest BCUT2D eigenvalue weighted by atomic mass is 16.1. The molecule has 3 rings (SSSR count). The molecule has 136 valence electrons. The summed E-state index contributed by atoms with van der Waals surface area (Å²) in [6.07, 6.45) is 8.34. The number of rotatable bonds is 5. The number of carbonyl (C=O) groups is 1. The molecule has 1 unspecified atom stereocenters. The van der Waals surface area contributed by atoms with Crippen LogP contribution in [0.5, 0.6) is 0 Å². The SMILES string of the molecule is CCc1ccc(C=CC(=O)Nc2ccccc2)c(C2CCCCN2C)c1. The van der Waals surface area contributed by atoms with Crippen LogP contribution in [-0.2, 0) is 11.2 Å². The number of hydrogen-bond donors (Lipinski definition) is 1. The van der Waals surface area contributed by atoms with Crippen molar-refractivity contribution in [1.82, 2.24) is 4.90 Å². The summed E-state index contributed by atoms with van der Waals surface area (Å²) in [4.78, 5) is 14.7. The Labute approximate surface area is 156 Å². The summed E-state index contributed by atoms with van der Waals surface area (Å²) in [5, 5.41) is 2.91. The summed E-state index contributed by atoms with van der Waals surface area (Å²) in [6.45, 7) is 3.32. The molecule has 1 aliphatic rings. The number of carbonyl (C=O) groups excluding carboxylic acids is 1. The van der Waals surface area contributed by atoms with Crippen LogP contribution in [0.3, 0.4) is 0 Å². The van der Waals surface area contributed by atoms with Crippen LogP contribution in [0.15, 0.2) is 54.6 Å². The van der Waals surface area contributed by atoms with Gasteiger partial charge in [-0.2, -0.15) is 0 Å². The van der Waals surface area contributed by atoms with Gasteiger partial charge in [-0.25, -0.2) is 0 Å². The first kappa shape index (κ1) is 18.4. The van der Waals surface area contributed by atoms with E-state index in [0.29, 0.717) is 6.04 Å². The van der Waals surface area contributed by atoms with Crippen LogP contribution in [0.2, 0.25) is 0 Å². The molecule has 1 amide bonds. The van der Waals surface area contributed by atoms with E-state index >= 15 is 0 Å². The van der Waals surface area contributed by atoms with Crippen LogP contribution in [0.25, 0.3) is 6.08 Å². The molecule has 1 saturated heterocycles. The molecule has 2 aromatic carbocycles. The van der Waals surface area contributed by atoms with E-state index in [1.807, 2.05) is 36.4 Å². The third kappa shape index (κ3) is 4.61. The van der Waals surface area contributed by atoms with Crippen molar-refractivity contribution in [2.45, 2.75) is 38.6 Å². The zero-order valence-corrected chi connectivity index (χ0v) is 15.7. The number of para-hydroxylation sites is 1. The van der Waals surface area contributed by atoms with Gasteiger partial charge in [0, 0.05) is 17.8 Å². The normalized spacial score (nSPS) is 18.2. The number of benzene rings is 2. The lowest BCUT2D eigenvalue weighted by atomic mass is 9.90. The highest BCUT2D eigenvalue weighted by Crippen LogP contribution is 2.33. The largest absolute Gasteiger partial charge is 0.323 e. The van der Waals surface area contributed by atoms with Crippen LogP contribution >= 0.6 is 0 Å². The quantitative estimate of drug-likeness (QED) is 0.766. The summed E-state index contributed by atoms with van der Waals surface area (Å²) in [5.74, 6) is -0.0984. The van der Waals surface area contributed by atoms with Gasteiger partial charge in [-0.15, -0.1) is 0 Å². The van der Waals surface area contributed by atoms with Crippen LogP contribution in [0, 0.1) is 0 Å². The fourth-order valence-corrected chi connectivity index (χ4v) is 3.62. The Balaban J connectivity index is 1.81. The molecule has 1 aliphatic heterocycles. The second kappa shape index (κ2) is 8.81. The Morgan fingerprint density at radius 2 is 2.00 bits per heavy atom. The summed E-state index contributed by atoms with van der Waals surface area (Å²) >= 11 is 0. The van der Waals surface area contributed by atoms with Crippen LogP contribution < -0.4 is 5.32 Å². The van der Waals surface area contributed by atoms with Gasteiger partial charge in [0.25, 0.3) is 0 Å². The van der Waals surface area contributed by atoms with Gasteiger partial charge in [0.15, 0.2) is 0 Å². The summed E-state index contributed by atoms with van der Waals surface area (Å²) in [5.41, 5.74) is 4.65. The number of anilines is 1. The van der Waals surface area contributed by atoms with E-state index in [2.05, 4.69) is 42.4 Å². The number of nitrogens with one attached hydrogen (secondary N) is 1. The standard InChI is InChI=1S/C23H28N2O/c1-3-18-12-13-19(21(17-18)22-11-7-8-16-25(22)2)14-15-23(26)24-20-9-5-4-6-10-20/h4-6,9-10,12-15,17,22H,3,7-8,11,16H2,1-2H3,(H,24,26). The maximum absolute atomic E-state index is 12.3. The second-order valence-electron chi connectivity index (χ2n) is 7.00. The third-order valence-corrected chi connectivity index (χ3v) is 5.14. The molecular weight excluding hydrogens is 320 g/mol. The van der Waals surface area contributed by atoms with E-state index in [1.165, 1.54) is 30.4 Å². The number of likely N-dealkylation sites (tertiary alicyclic amines) is 1. The lowest BCUT2D eigenvalue weighted by molar-refractivity contribution is -0.111. The zero-order valence-electron chi connectivity index (χ0n) is 15.7. The second-order valence-corrected chi connectivity index (χ2v) is 7.00. The molecule has 0 saturated carbocycles. The molecule has 3 heteroatoms. The van der Waals surface area contributed by atoms with Gasteiger partial charge in [0.2, 0.25) is 5.91 Å². The Kier molecular flexibility index (Phi) is 6.24. The molecule has 0 aliphatic carbocycles. The van der Waals surface area contributed by atoms with Crippen LogP contribution in [0.4, 0.5) is 5.69 Å². The van der Waals surface area contributed by atoms with Crippen molar-refractivity contribution in [2.24, 2.45) is 0 Å². The van der Waals surface area contributed by atoms with E-state index in [1.54, 1.807) is 6.08 Å². The van der Waals surface area contributed by atoms with Gasteiger partial charge in [-0.05, 0) is 67.8 Å². The summed E-state index contributed by atoms with van der Waals surface area (Å²) < 4.78 is 0. The van der Waals surface area contributed by atoms with Gasteiger partial charge in [-0.3, -0.25) is 9.69 Å². The third-order valence-electron chi connectivity index (χ3n) is 5.14. The monoisotopic (exact) mass is 348 g/mol. The van der Waals surface area contributed by atoms with Gasteiger partial charge >= 0.3 is 0 Å². The van der Waals surface area contributed by atoms with Gasteiger partial charge in [-0.1, -0.05) is 49.7 Å². The van der Waals surface area contributed by atoms with Gasteiger partial charge in [0.1, 0.15) is 0 Å². The molecule has 26 heavy (non-hydrogen) atoms. The van der Waals surface area contributed by atoms with Gasteiger partial charge < -0.3 is 5.32 Å². The fraction of sp³-hybridized carbons (Fsp3) is 0.348. The molecule has 2 aromatic rings. The minimum Gasteiger partial charge on any atom is -0.323 e. The number of piperidine rings is 1. The maximum Gasteiger partial charge on any atom is 0.248 e. The van der Waals surface area contributed by atoms with E-state index in [9.17, 15) is 4.79 Å². The highest BCUT2D eigenvalue weighted by molar-refractivity contribution is 6.02. The van der Waals surface area contributed by atoms with E-state index < -0.39 is 0 Å². The number of hydrogen-bond acceptors (Lipinski definition) is 2. The molecule has 1 fully saturated rings. The topological polar surface area (TPSA) is 32.3 Å². The number of aryl methyl sites for hydroxylation is 1. The summed E-state index contributed by atoms with van der Waals surface area (Å²) in [6, 6.07) is 16.6. The zero-order chi connectivity index (χ0) is 18.4. The molecule has 1 atom stereocenters. The van der Waals surface area contributed by atoms with Crippen molar-refractivity contribution in [3.8, 4) is 0 Å². The first-order valence-electron chi connectivity index (χ1n) is 9.54. The fourth-order valence-electron chi connectivity index (χ4n) is 3.62. The number of amides is 1.